The maximum absolute atomic E-state index is 8.60. The van der Waals surface area contributed by atoms with Crippen molar-refractivity contribution in [1.82, 2.24) is 0 Å². The first-order valence-corrected chi connectivity index (χ1v) is 8.79. The van der Waals surface area contributed by atoms with Crippen LogP contribution in [0.1, 0.15) is 93.9 Å². The Morgan fingerprint density at radius 1 is 0.955 bits per heavy atom. The topological polar surface area (TPSA) is 32.6 Å². The van der Waals surface area contributed by atoms with Gasteiger partial charge in [0.2, 0.25) is 0 Å². The molecular formula is C20H39NO. The molecule has 2 nitrogen and oxygen atoms in total. The van der Waals surface area contributed by atoms with E-state index in [1.54, 1.807) is 0 Å². The van der Waals surface area contributed by atoms with Crippen molar-refractivity contribution in [3.05, 3.63) is 23.3 Å². The molecule has 1 N–H and O–H groups in total. The zero-order chi connectivity index (χ0) is 17.6. The molecule has 0 radical (unpaired) electrons. The molecule has 0 amide bonds. The summed E-state index contributed by atoms with van der Waals surface area (Å²) >= 11 is 0. The minimum atomic E-state index is 0.425. The summed E-state index contributed by atoms with van der Waals surface area (Å²) in [5, 5.41) is 11.8. The lowest BCUT2D eigenvalue weighted by atomic mass is 9.85. The van der Waals surface area contributed by atoms with Crippen LogP contribution < -0.4 is 0 Å². The van der Waals surface area contributed by atoms with Crippen LogP contribution in [0.2, 0.25) is 0 Å². The van der Waals surface area contributed by atoms with Gasteiger partial charge >= 0.3 is 0 Å². The zero-order valence-electron chi connectivity index (χ0n) is 16.3. The van der Waals surface area contributed by atoms with E-state index in [0.29, 0.717) is 5.41 Å². The lowest BCUT2D eigenvalue weighted by molar-refractivity contribution is 0.317. The minimum absolute atomic E-state index is 0.425. The average Bonchev–Trinajstić information content (AvgIpc) is 2.52. The van der Waals surface area contributed by atoms with Crippen LogP contribution in [0, 0.1) is 5.41 Å². The molecule has 0 unspecified atom stereocenters. The number of oxime groups is 1. The van der Waals surface area contributed by atoms with Crippen LogP contribution in [0.15, 0.2) is 28.5 Å². The van der Waals surface area contributed by atoms with Gasteiger partial charge in [-0.05, 0) is 58.3 Å². The van der Waals surface area contributed by atoms with E-state index in [2.05, 4.69) is 51.9 Å². The van der Waals surface area contributed by atoms with Gasteiger partial charge in [-0.1, -0.05) is 69.5 Å². The normalized spacial score (nSPS) is 13.7. The summed E-state index contributed by atoms with van der Waals surface area (Å²) in [4.78, 5) is 0. The largest absolute Gasteiger partial charge is 0.411 e. The van der Waals surface area contributed by atoms with E-state index in [9.17, 15) is 0 Å². The van der Waals surface area contributed by atoms with Crippen LogP contribution in [-0.2, 0) is 0 Å². The van der Waals surface area contributed by atoms with Gasteiger partial charge < -0.3 is 5.21 Å². The summed E-state index contributed by atoms with van der Waals surface area (Å²) in [6, 6.07) is 0. The molecule has 0 aliphatic rings. The van der Waals surface area contributed by atoms with Gasteiger partial charge in [0.1, 0.15) is 0 Å². The molecule has 0 bridgehead atoms. The fraction of sp³-hybridized carbons (Fsp3) is 0.750. The second kappa shape index (κ2) is 13.6. The van der Waals surface area contributed by atoms with Gasteiger partial charge in [-0.25, -0.2) is 0 Å². The van der Waals surface area contributed by atoms with E-state index in [-0.39, 0.29) is 0 Å². The van der Waals surface area contributed by atoms with E-state index < -0.39 is 0 Å². The molecule has 0 saturated carbocycles. The van der Waals surface area contributed by atoms with Crippen molar-refractivity contribution in [3.63, 3.8) is 0 Å². The first-order valence-electron chi connectivity index (χ1n) is 8.79. The van der Waals surface area contributed by atoms with Crippen LogP contribution >= 0.6 is 0 Å². The van der Waals surface area contributed by atoms with Crippen molar-refractivity contribution in [2.45, 2.75) is 93.9 Å². The van der Waals surface area contributed by atoms with Gasteiger partial charge in [0.25, 0.3) is 0 Å². The van der Waals surface area contributed by atoms with Crippen molar-refractivity contribution in [2.24, 2.45) is 10.6 Å². The third-order valence-corrected chi connectivity index (χ3v) is 4.04. The molecule has 0 aromatic rings. The Hall–Kier alpha value is -1.05. The monoisotopic (exact) mass is 309 g/mol. The molecule has 0 heterocycles. The SMILES string of the molecule is CC.CCC(C)(C)C/C=C(\C)CC/C=C(\C)CC/C(C)=N/O. The number of hydrogen-bond donors (Lipinski definition) is 1. The highest BCUT2D eigenvalue weighted by Crippen LogP contribution is 2.26. The van der Waals surface area contributed by atoms with Gasteiger partial charge in [0, 0.05) is 0 Å². The quantitative estimate of drug-likeness (QED) is 0.209. The fourth-order valence-electron chi connectivity index (χ4n) is 1.77. The molecule has 130 valence electrons. The second-order valence-corrected chi connectivity index (χ2v) is 6.70. The van der Waals surface area contributed by atoms with Crippen molar-refractivity contribution in [3.8, 4) is 0 Å². The van der Waals surface area contributed by atoms with E-state index in [1.807, 2.05) is 20.8 Å². The molecule has 22 heavy (non-hydrogen) atoms. The summed E-state index contributed by atoms with van der Waals surface area (Å²) in [5.41, 5.74) is 4.10. The van der Waals surface area contributed by atoms with Gasteiger partial charge in [-0.3, -0.25) is 0 Å². The smallest absolute Gasteiger partial charge is 0.0543 e. The Balaban J connectivity index is 0. The number of allylic oxidation sites excluding steroid dienone is 4. The first-order chi connectivity index (χ1) is 10.3. The Morgan fingerprint density at radius 3 is 2.00 bits per heavy atom. The van der Waals surface area contributed by atoms with Crippen LogP contribution in [0.25, 0.3) is 0 Å². The summed E-state index contributed by atoms with van der Waals surface area (Å²) in [6.45, 7) is 17.2. The van der Waals surface area contributed by atoms with Crippen molar-refractivity contribution >= 4 is 5.71 Å². The molecule has 0 aliphatic heterocycles. The van der Waals surface area contributed by atoms with Gasteiger partial charge in [0.05, 0.1) is 5.71 Å². The summed E-state index contributed by atoms with van der Waals surface area (Å²) in [7, 11) is 0. The molecular weight excluding hydrogens is 270 g/mol. The highest BCUT2D eigenvalue weighted by Gasteiger charge is 2.12. The second-order valence-electron chi connectivity index (χ2n) is 6.70. The molecule has 0 aliphatic carbocycles. The van der Waals surface area contributed by atoms with E-state index in [4.69, 9.17) is 5.21 Å². The van der Waals surface area contributed by atoms with Crippen LogP contribution in [0.3, 0.4) is 0 Å². The molecule has 0 aromatic heterocycles. The Morgan fingerprint density at radius 2 is 1.50 bits per heavy atom. The van der Waals surface area contributed by atoms with Crippen molar-refractivity contribution in [1.29, 1.82) is 0 Å². The Bertz CT molecular complexity index is 362. The molecule has 0 atom stereocenters. The number of rotatable bonds is 9. The summed E-state index contributed by atoms with van der Waals surface area (Å²) in [5.74, 6) is 0. The lowest BCUT2D eigenvalue weighted by Gasteiger charge is -2.20. The predicted molar refractivity (Wildman–Crippen MR) is 101 cm³/mol. The highest BCUT2D eigenvalue weighted by atomic mass is 16.4. The van der Waals surface area contributed by atoms with Crippen molar-refractivity contribution in [2.75, 3.05) is 0 Å². The average molecular weight is 310 g/mol. The molecule has 0 saturated heterocycles. The van der Waals surface area contributed by atoms with Crippen LogP contribution in [-0.4, -0.2) is 10.9 Å². The third-order valence-electron chi connectivity index (χ3n) is 4.04. The van der Waals surface area contributed by atoms with Gasteiger partial charge in [-0.2, -0.15) is 0 Å². The Kier molecular flexibility index (Phi) is 14.4. The minimum Gasteiger partial charge on any atom is -0.411 e. The molecule has 2 heteroatoms. The van der Waals surface area contributed by atoms with Gasteiger partial charge in [-0.15, -0.1) is 0 Å². The predicted octanol–water partition coefficient (Wildman–Crippen LogP) is 7.14. The summed E-state index contributed by atoms with van der Waals surface area (Å²) < 4.78 is 0. The number of nitrogens with zero attached hydrogens (tertiary/aromatic N) is 1. The van der Waals surface area contributed by atoms with Crippen LogP contribution in [0.5, 0.6) is 0 Å². The van der Waals surface area contributed by atoms with Crippen molar-refractivity contribution < 1.29 is 5.21 Å². The molecule has 0 spiro atoms. The summed E-state index contributed by atoms with van der Waals surface area (Å²) in [6.07, 6.45) is 11.2. The van der Waals surface area contributed by atoms with Crippen LogP contribution in [0.4, 0.5) is 0 Å². The van der Waals surface area contributed by atoms with Gasteiger partial charge in [0.15, 0.2) is 0 Å². The first kappa shape index (κ1) is 23.2. The van der Waals surface area contributed by atoms with E-state index in [0.717, 1.165) is 31.4 Å². The standard InChI is InChI=1S/C18H33NO.C2H6/c1-7-18(5,6)14-13-16(3)10-8-9-15(2)11-12-17(4)19-20;1-2/h9,13,20H,7-8,10-12,14H2,1-6H3;1-2H3/b15-9+,16-13+,19-17+;. The highest BCUT2D eigenvalue weighted by molar-refractivity contribution is 5.81. The Labute approximate surface area is 139 Å². The molecule has 0 fully saturated rings. The fourth-order valence-corrected chi connectivity index (χ4v) is 1.77. The maximum Gasteiger partial charge on any atom is 0.0543 e. The van der Waals surface area contributed by atoms with E-state index in [1.165, 1.54) is 24.0 Å². The molecule has 0 aromatic carbocycles. The third kappa shape index (κ3) is 13.9. The molecule has 0 rings (SSSR count). The van der Waals surface area contributed by atoms with E-state index >= 15 is 0 Å². The zero-order valence-corrected chi connectivity index (χ0v) is 16.3. The number of hydrogen-bond acceptors (Lipinski definition) is 2. The lowest BCUT2D eigenvalue weighted by Crippen LogP contribution is -2.07. The maximum atomic E-state index is 8.60.